The van der Waals surface area contributed by atoms with Crippen LogP contribution in [0.1, 0.15) is 11.1 Å². The van der Waals surface area contributed by atoms with E-state index in [1.165, 1.54) is 5.56 Å². The molecule has 3 heterocycles. The minimum absolute atomic E-state index is 0.191. The molecule has 1 aliphatic rings. The molecule has 1 amide bonds. The third kappa shape index (κ3) is 4.00. The minimum Gasteiger partial charge on any atom is -0.353 e. The Balaban J connectivity index is 1.37. The van der Waals surface area contributed by atoms with Crippen molar-refractivity contribution in [3.8, 4) is 5.82 Å². The van der Waals surface area contributed by atoms with Gasteiger partial charge in [-0.05, 0) is 24.6 Å². The monoisotopic (exact) mass is 361 g/mol. The van der Waals surface area contributed by atoms with Gasteiger partial charge in [-0.25, -0.2) is 9.97 Å². The van der Waals surface area contributed by atoms with Crippen LogP contribution in [0.2, 0.25) is 0 Å². The van der Waals surface area contributed by atoms with E-state index in [9.17, 15) is 4.79 Å². The normalized spacial score (nSPS) is 14.4. The van der Waals surface area contributed by atoms with E-state index in [0.29, 0.717) is 19.5 Å². The summed E-state index contributed by atoms with van der Waals surface area (Å²) in [6.07, 6.45) is 5.99. The van der Waals surface area contributed by atoms with Crippen molar-refractivity contribution in [2.45, 2.75) is 13.3 Å². The first-order chi connectivity index (χ1) is 13.2. The van der Waals surface area contributed by atoms with Gasteiger partial charge in [0.15, 0.2) is 0 Å². The van der Waals surface area contributed by atoms with Gasteiger partial charge in [-0.3, -0.25) is 4.79 Å². The summed E-state index contributed by atoms with van der Waals surface area (Å²) in [7, 11) is 0. The Morgan fingerprint density at radius 3 is 2.44 bits per heavy atom. The number of carbonyl (C=O) groups excluding carboxylic acids is 1. The first-order valence-corrected chi connectivity index (χ1v) is 9.23. The van der Waals surface area contributed by atoms with Crippen molar-refractivity contribution in [2.24, 2.45) is 0 Å². The summed E-state index contributed by atoms with van der Waals surface area (Å²) < 4.78 is 1.97. The summed E-state index contributed by atoms with van der Waals surface area (Å²) in [5, 5.41) is 0. The van der Waals surface area contributed by atoms with Crippen LogP contribution in [0.15, 0.2) is 61.2 Å². The lowest BCUT2D eigenvalue weighted by atomic mass is 10.1. The lowest BCUT2D eigenvalue weighted by Crippen LogP contribution is -2.49. The Labute approximate surface area is 159 Å². The van der Waals surface area contributed by atoms with Crippen LogP contribution in [0.3, 0.4) is 0 Å². The number of hydrogen-bond acceptors (Lipinski definition) is 4. The molecule has 1 aromatic carbocycles. The Morgan fingerprint density at radius 1 is 0.963 bits per heavy atom. The predicted octanol–water partition coefficient (Wildman–Crippen LogP) is 2.47. The van der Waals surface area contributed by atoms with Crippen molar-refractivity contribution in [2.75, 3.05) is 31.1 Å². The molecule has 27 heavy (non-hydrogen) atoms. The summed E-state index contributed by atoms with van der Waals surface area (Å²) in [6, 6.07) is 14.1. The molecule has 0 aliphatic carbocycles. The molecular formula is C21H23N5O. The highest BCUT2D eigenvalue weighted by molar-refractivity contribution is 5.79. The first kappa shape index (κ1) is 17.3. The van der Waals surface area contributed by atoms with E-state index in [1.807, 2.05) is 52.2 Å². The van der Waals surface area contributed by atoms with Gasteiger partial charge in [0.05, 0.1) is 6.42 Å². The fraction of sp³-hybridized carbons (Fsp3) is 0.286. The quantitative estimate of drug-likeness (QED) is 0.716. The lowest BCUT2D eigenvalue weighted by molar-refractivity contribution is -0.130. The van der Waals surface area contributed by atoms with Gasteiger partial charge < -0.3 is 14.4 Å². The molecule has 4 rings (SSSR count). The van der Waals surface area contributed by atoms with Gasteiger partial charge in [0.25, 0.3) is 0 Å². The number of amides is 1. The number of nitrogens with zero attached hydrogens (tertiary/aromatic N) is 5. The van der Waals surface area contributed by atoms with Gasteiger partial charge in [0.1, 0.15) is 18.0 Å². The molecule has 2 aromatic heterocycles. The number of aryl methyl sites for hydroxylation is 1. The molecule has 3 aromatic rings. The average Bonchev–Trinajstić information content (AvgIpc) is 3.23. The minimum atomic E-state index is 0.191. The average molecular weight is 361 g/mol. The van der Waals surface area contributed by atoms with Crippen molar-refractivity contribution >= 4 is 11.7 Å². The van der Waals surface area contributed by atoms with Crippen LogP contribution in [-0.4, -0.2) is 51.5 Å². The van der Waals surface area contributed by atoms with Gasteiger partial charge >= 0.3 is 0 Å². The predicted molar refractivity (Wildman–Crippen MR) is 105 cm³/mol. The van der Waals surface area contributed by atoms with E-state index in [0.717, 1.165) is 30.3 Å². The zero-order valence-corrected chi connectivity index (χ0v) is 15.5. The largest absolute Gasteiger partial charge is 0.353 e. The van der Waals surface area contributed by atoms with Crippen LogP contribution >= 0.6 is 0 Å². The molecule has 1 fully saturated rings. The SMILES string of the molecule is Cc1cccc(CC(=O)N2CCN(c3cc(-n4cccc4)ncn3)CC2)c1. The fourth-order valence-corrected chi connectivity index (χ4v) is 3.43. The second kappa shape index (κ2) is 7.61. The summed E-state index contributed by atoms with van der Waals surface area (Å²) in [4.78, 5) is 25.5. The standard InChI is InChI=1S/C21H23N5O/c1-17-5-4-6-18(13-17)14-21(27)26-11-9-25(10-12-26)20-15-19(22-16-23-20)24-7-2-3-8-24/h2-8,13,15-16H,9-12,14H2,1H3. The number of rotatable bonds is 4. The van der Waals surface area contributed by atoms with Crippen LogP contribution in [0.5, 0.6) is 0 Å². The molecule has 0 atom stereocenters. The molecule has 138 valence electrons. The molecule has 0 unspecified atom stereocenters. The number of benzene rings is 1. The second-order valence-corrected chi connectivity index (χ2v) is 6.86. The first-order valence-electron chi connectivity index (χ1n) is 9.23. The van der Waals surface area contributed by atoms with Crippen molar-refractivity contribution in [1.29, 1.82) is 0 Å². The topological polar surface area (TPSA) is 54.3 Å². The van der Waals surface area contributed by atoms with Crippen molar-refractivity contribution < 1.29 is 4.79 Å². The number of piperazine rings is 1. The highest BCUT2D eigenvalue weighted by Gasteiger charge is 2.22. The summed E-state index contributed by atoms with van der Waals surface area (Å²) in [5.74, 6) is 1.94. The summed E-state index contributed by atoms with van der Waals surface area (Å²) in [6.45, 7) is 5.04. The maximum atomic E-state index is 12.6. The molecule has 0 radical (unpaired) electrons. The number of carbonyl (C=O) groups is 1. The van der Waals surface area contributed by atoms with Gasteiger partial charge in [0, 0.05) is 44.6 Å². The van der Waals surface area contributed by atoms with Crippen LogP contribution in [-0.2, 0) is 11.2 Å². The maximum Gasteiger partial charge on any atom is 0.227 e. The van der Waals surface area contributed by atoms with E-state index in [1.54, 1.807) is 6.33 Å². The molecule has 1 saturated heterocycles. The smallest absolute Gasteiger partial charge is 0.227 e. The third-order valence-corrected chi connectivity index (χ3v) is 4.90. The van der Waals surface area contributed by atoms with E-state index in [2.05, 4.69) is 33.9 Å². The Morgan fingerprint density at radius 2 is 1.70 bits per heavy atom. The van der Waals surface area contributed by atoms with Gasteiger partial charge in [-0.1, -0.05) is 29.8 Å². The number of anilines is 1. The summed E-state index contributed by atoms with van der Waals surface area (Å²) >= 11 is 0. The third-order valence-electron chi connectivity index (χ3n) is 4.90. The molecule has 0 saturated carbocycles. The van der Waals surface area contributed by atoms with Crippen LogP contribution < -0.4 is 4.90 Å². The van der Waals surface area contributed by atoms with E-state index in [-0.39, 0.29) is 5.91 Å². The Kier molecular flexibility index (Phi) is 4.87. The fourth-order valence-electron chi connectivity index (χ4n) is 3.43. The van der Waals surface area contributed by atoms with Crippen LogP contribution in [0.25, 0.3) is 5.82 Å². The van der Waals surface area contributed by atoms with Crippen molar-refractivity contribution in [1.82, 2.24) is 19.4 Å². The van der Waals surface area contributed by atoms with Crippen molar-refractivity contribution in [3.05, 3.63) is 72.3 Å². The second-order valence-electron chi connectivity index (χ2n) is 6.86. The highest BCUT2D eigenvalue weighted by atomic mass is 16.2. The van der Waals surface area contributed by atoms with Crippen molar-refractivity contribution in [3.63, 3.8) is 0 Å². The van der Waals surface area contributed by atoms with E-state index < -0.39 is 0 Å². The highest BCUT2D eigenvalue weighted by Crippen LogP contribution is 2.17. The zero-order valence-electron chi connectivity index (χ0n) is 15.5. The molecular weight excluding hydrogens is 338 g/mol. The molecule has 0 N–H and O–H groups in total. The zero-order chi connectivity index (χ0) is 18.6. The Bertz CT molecular complexity index is 914. The van der Waals surface area contributed by atoms with Crippen LogP contribution in [0.4, 0.5) is 5.82 Å². The summed E-state index contributed by atoms with van der Waals surface area (Å²) in [5.41, 5.74) is 2.27. The molecule has 1 aliphatic heterocycles. The number of aromatic nitrogens is 3. The van der Waals surface area contributed by atoms with Crippen LogP contribution in [0, 0.1) is 6.92 Å². The van der Waals surface area contributed by atoms with Gasteiger partial charge in [-0.15, -0.1) is 0 Å². The van der Waals surface area contributed by atoms with E-state index >= 15 is 0 Å². The molecule has 6 nitrogen and oxygen atoms in total. The lowest BCUT2D eigenvalue weighted by Gasteiger charge is -2.35. The van der Waals surface area contributed by atoms with Gasteiger partial charge in [0.2, 0.25) is 5.91 Å². The Hall–Kier alpha value is -3.15. The van der Waals surface area contributed by atoms with Gasteiger partial charge in [-0.2, -0.15) is 0 Å². The molecule has 0 bridgehead atoms. The van der Waals surface area contributed by atoms with E-state index in [4.69, 9.17) is 0 Å². The number of hydrogen-bond donors (Lipinski definition) is 0. The molecule has 6 heteroatoms. The maximum absolute atomic E-state index is 12.6. The molecule has 0 spiro atoms.